The van der Waals surface area contributed by atoms with E-state index in [0.717, 1.165) is 12.1 Å². The molecule has 1 aromatic carbocycles. The molecule has 0 saturated heterocycles. The molecule has 118 valence electrons. The van der Waals surface area contributed by atoms with Gasteiger partial charge in [-0.1, -0.05) is 19.1 Å². The van der Waals surface area contributed by atoms with Gasteiger partial charge in [-0.05, 0) is 38.0 Å². The SMILES string of the molecule is CCC(C)Nc1ncc2ncnc(Nc3cccc(C)c3)c2n1. The molecule has 0 saturated carbocycles. The molecule has 6 heteroatoms. The fourth-order valence-electron chi connectivity index (χ4n) is 2.20. The Bertz CT molecular complexity index is 817. The average molecular weight is 308 g/mol. The van der Waals surface area contributed by atoms with Crippen LogP contribution in [0.3, 0.4) is 0 Å². The summed E-state index contributed by atoms with van der Waals surface area (Å²) in [7, 11) is 0. The minimum atomic E-state index is 0.310. The fourth-order valence-corrected chi connectivity index (χ4v) is 2.20. The number of anilines is 3. The molecule has 0 fully saturated rings. The third-order valence-corrected chi connectivity index (χ3v) is 3.65. The summed E-state index contributed by atoms with van der Waals surface area (Å²) in [6.07, 6.45) is 4.24. The molecule has 0 aliphatic heterocycles. The van der Waals surface area contributed by atoms with Crippen LogP contribution in [0.25, 0.3) is 11.0 Å². The first-order valence-electron chi connectivity index (χ1n) is 7.73. The molecule has 2 N–H and O–H groups in total. The van der Waals surface area contributed by atoms with Gasteiger partial charge in [0.15, 0.2) is 5.82 Å². The second kappa shape index (κ2) is 6.56. The molecule has 2 heterocycles. The van der Waals surface area contributed by atoms with Gasteiger partial charge >= 0.3 is 0 Å². The quantitative estimate of drug-likeness (QED) is 0.749. The zero-order valence-electron chi connectivity index (χ0n) is 13.5. The van der Waals surface area contributed by atoms with Gasteiger partial charge in [-0.15, -0.1) is 0 Å². The smallest absolute Gasteiger partial charge is 0.223 e. The van der Waals surface area contributed by atoms with Crippen LogP contribution < -0.4 is 10.6 Å². The fraction of sp³-hybridized carbons (Fsp3) is 0.294. The van der Waals surface area contributed by atoms with E-state index >= 15 is 0 Å². The number of rotatable bonds is 5. The molecule has 0 spiro atoms. The van der Waals surface area contributed by atoms with E-state index < -0.39 is 0 Å². The number of nitrogens with zero attached hydrogens (tertiary/aromatic N) is 4. The Balaban J connectivity index is 1.97. The molecule has 2 aromatic heterocycles. The Labute approximate surface area is 135 Å². The van der Waals surface area contributed by atoms with E-state index in [1.54, 1.807) is 6.20 Å². The molecule has 1 unspecified atom stereocenters. The molecule has 0 aliphatic carbocycles. The lowest BCUT2D eigenvalue weighted by atomic mass is 10.2. The molecule has 0 bridgehead atoms. The average Bonchev–Trinajstić information content (AvgIpc) is 2.55. The molecular formula is C17H20N6. The van der Waals surface area contributed by atoms with E-state index in [0.29, 0.717) is 28.8 Å². The van der Waals surface area contributed by atoms with Crippen LogP contribution >= 0.6 is 0 Å². The minimum Gasteiger partial charge on any atom is -0.352 e. The van der Waals surface area contributed by atoms with Crippen molar-refractivity contribution in [3.05, 3.63) is 42.4 Å². The number of nitrogens with one attached hydrogen (secondary N) is 2. The molecular weight excluding hydrogens is 288 g/mol. The van der Waals surface area contributed by atoms with E-state index in [-0.39, 0.29) is 0 Å². The Morgan fingerprint density at radius 1 is 1.17 bits per heavy atom. The molecule has 0 amide bonds. The molecule has 3 aromatic rings. The van der Waals surface area contributed by atoms with E-state index in [1.165, 1.54) is 11.9 Å². The molecule has 3 rings (SSSR count). The predicted octanol–water partition coefficient (Wildman–Crippen LogP) is 3.68. The van der Waals surface area contributed by atoms with Gasteiger partial charge in [0.05, 0.1) is 6.20 Å². The van der Waals surface area contributed by atoms with Crippen molar-refractivity contribution in [2.45, 2.75) is 33.2 Å². The first-order valence-corrected chi connectivity index (χ1v) is 7.73. The second-order valence-corrected chi connectivity index (χ2v) is 5.60. The lowest BCUT2D eigenvalue weighted by Crippen LogP contribution is -2.15. The van der Waals surface area contributed by atoms with Gasteiger partial charge in [-0.25, -0.2) is 19.9 Å². The highest BCUT2D eigenvalue weighted by Crippen LogP contribution is 2.22. The number of fused-ring (bicyclic) bond motifs is 1. The maximum atomic E-state index is 4.57. The Kier molecular flexibility index (Phi) is 4.32. The van der Waals surface area contributed by atoms with Gasteiger partial charge in [-0.3, -0.25) is 0 Å². The largest absolute Gasteiger partial charge is 0.352 e. The summed E-state index contributed by atoms with van der Waals surface area (Å²) < 4.78 is 0. The summed E-state index contributed by atoms with van der Waals surface area (Å²) in [4.78, 5) is 17.5. The van der Waals surface area contributed by atoms with Crippen LogP contribution in [0.4, 0.5) is 17.5 Å². The van der Waals surface area contributed by atoms with E-state index in [9.17, 15) is 0 Å². The van der Waals surface area contributed by atoms with Crippen LogP contribution in [0.2, 0.25) is 0 Å². The van der Waals surface area contributed by atoms with Crippen LogP contribution in [-0.4, -0.2) is 26.0 Å². The van der Waals surface area contributed by atoms with Crippen molar-refractivity contribution >= 4 is 28.5 Å². The van der Waals surface area contributed by atoms with Crippen molar-refractivity contribution in [1.29, 1.82) is 0 Å². The molecule has 1 atom stereocenters. The monoisotopic (exact) mass is 308 g/mol. The van der Waals surface area contributed by atoms with E-state index in [2.05, 4.69) is 63.5 Å². The molecule has 6 nitrogen and oxygen atoms in total. The highest BCUT2D eigenvalue weighted by molar-refractivity contribution is 5.87. The first kappa shape index (κ1) is 15.1. The third-order valence-electron chi connectivity index (χ3n) is 3.65. The van der Waals surface area contributed by atoms with Crippen molar-refractivity contribution in [2.24, 2.45) is 0 Å². The Hall–Kier alpha value is -2.76. The van der Waals surface area contributed by atoms with Crippen molar-refractivity contribution in [2.75, 3.05) is 10.6 Å². The van der Waals surface area contributed by atoms with Gasteiger partial charge in [0.1, 0.15) is 17.4 Å². The third kappa shape index (κ3) is 3.53. The van der Waals surface area contributed by atoms with Gasteiger partial charge < -0.3 is 10.6 Å². The van der Waals surface area contributed by atoms with E-state index in [1.807, 2.05) is 12.1 Å². The van der Waals surface area contributed by atoms with Crippen molar-refractivity contribution in [3.63, 3.8) is 0 Å². The zero-order valence-corrected chi connectivity index (χ0v) is 13.5. The van der Waals surface area contributed by atoms with Crippen molar-refractivity contribution in [1.82, 2.24) is 19.9 Å². The summed E-state index contributed by atoms with van der Waals surface area (Å²) >= 11 is 0. The lowest BCUT2D eigenvalue weighted by molar-refractivity contribution is 0.754. The minimum absolute atomic E-state index is 0.310. The van der Waals surface area contributed by atoms with Crippen LogP contribution in [0.5, 0.6) is 0 Å². The van der Waals surface area contributed by atoms with Crippen molar-refractivity contribution < 1.29 is 0 Å². The van der Waals surface area contributed by atoms with Gasteiger partial charge in [0, 0.05) is 11.7 Å². The predicted molar refractivity (Wildman–Crippen MR) is 93.0 cm³/mol. The Morgan fingerprint density at radius 3 is 2.83 bits per heavy atom. The second-order valence-electron chi connectivity index (χ2n) is 5.60. The maximum Gasteiger partial charge on any atom is 0.223 e. The van der Waals surface area contributed by atoms with Gasteiger partial charge in [-0.2, -0.15) is 0 Å². The van der Waals surface area contributed by atoms with Crippen LogP contribution in [0.1, 0.15) is 25.8 Å². The number of hydrogen-bond donors (Lipinski definition) is 2. The lowest BCUT2D eigenvalue weighted by Gasteiger charge is -2.12. The summed E-state index contributed by atoms with van der Waals surface area (Å²) in [6, 6.07) is 8.43. The number of hydrogen-bond acceptors (Lipinski definition) is 6. The van der Waals surface area contributed by atoms with Crippen LogP contribution in [-0.2, 0) is 0 Å². The normalized spacial score (nSPS) is 12.1. The standard InChI is InChI=1S/C17H20N6/c1-4-12(3)21-17-18-9-14-15(23-17)16(20-10-19-14)22-13-7-5-6-11(2)8-13/h5-10,12H,4H2,1-3H3,(H,18,21,23)(H,19,20,22). The van der Waals surface area contributed by atoms with Gasteiger partial charge in [0.2, 0.25) is 5.95 Å². The van der Waals surface area contributed by atoms with Crippen LogP contribution in [0.15, 0.2) is 36.8 Å². The summed E-state index contributed by atoms with van der Waals surface area (Å²) in [5, 5.41) is 6.59. The number of benzene rings is 1. The summed E-state index contributed by atoms with van der Waals surface area (Å²) in [5.74, 6) is 1.27. The maximum absolute atomic E-state index is 4.57. The van der Waals surface area contributed by atoms with E-state index in [4.69, 9.17) is 0 Å². The summed E-state index contributed by atoms with van der Waals surface area (Å²) in [5.41, 5.74) is 3.57. The highest BCUT2D eigenvalue weighted by atomic mass is 15.1. The zero-order chi connectivity index (χ0) is 16.2. The molecule has 0 radical (unpaired) electrons. The first-order chi connectivity index (χ1) is 11.2. The van der Waals surface area contributed by atoms with Crippen molar-refractivity contribution in [3.8, 4) is 0 Å². The number of aromatic nitrogens is 4. The highest BCUT2D eigenvalue weighted by Gasteiger charge is 2.09. The number of aryl methyl sites for hydroxylation is 1. The molecule has 0 aliphatic rings. The topological polar surface area (TPSA) is 75.6 Å². The molecule has 23 heavy (non-hydrogen) atoms. The van der Waals surface area contributed by atoms with Gasteiger partial charge in [0.25, 0.3) is 0 Å². The summed E-state index contributed by atoms with van der Waals surface area (Å²) in [6.45, 7) is 6.27. The Morgan fingerprint density at radius 2 is 2.04 bits per heavy atom. The van der Waals surface area contributed by atoms with Crippen LogP contribution in [0, 0.1) is 6.92 Å².